The Kier molecular flexibility index (Phi) is 5.94. The summed E-state index contributed by atoms with van der Waals surface area (Å²) in [7, 11) is 3.18. The number of methoxy groups -OCH3 is 2. The second-order valence-corrected chi connectivity index (χ2v) is 9.63. The van der Waals surface area contributed by atoms with Crippen molar-refractivity contribution < 1.29 is 23.9 Å². The third-order valence-electron chi connectivity index (χ3n) is 7.12. The van der Waals surface area contributed by atoms with Gasteiger partial charge in [0.15, 0.2) is 0 Å². The van der Waals surface area contributed by atoms with Crippen LogP contribution in [0.3, 0.4) is 0 Å². The van der Waals surface area contributed by atoms with Gasteiger partial charge in [-0.25, -0.2) is 0 Å². The van der Waals surface area contributed by atoms with Crippen molar-refractivity contribution in [1.82, 2.24) is 9.80 Å². The molecule has 0 N–H and O–H groups in total. The van der Waals surface area contributed by atoms with E-state index in [2.05, 4.69) is 0 Å². The van der Waals surface area contributed by atoms with Crippen molar-refractivity contribution >= 4 is 40.8 Å². The molecular weight excluding hydrogens is 479 g/mol. The third-order valence-corrected chi connectivity index (χ3v) is 7.86. The lowest BCUT2D eigenvalue weighted by molar-refractivity contribution is -0.164. The Balaban J connectivity index is 1.57. The molecule has 0 saturated carbocycles. The van der Waals surface area contributed by atoms with Gasteiger partial charge in [-0.05, 0) is 55.5 Å². The molecule has 178 valence electrons. The highest BCUT2D eigenvalue weighted by Gasteiger charge is 2.54. The van der Waals surface area contributed by atoms with E-state index in [1.165, 1.54) is 23.1 Å². The highest BCUT2D eigenvalue weighted by molar-refractivity contribution is 6.45. The van der Waals surface area contributed by atoms with Crippen LogP contribution in [0.5, 0.6) is 11.5 Å². The van der Waals surface area contributed by atoms with Gasteiger partial charge in [-0.3, -0.25) is 14.4 Å². The average Bonchev–Trinajstić information content (AvgIpc) is 2.86. The molecular formula is C25H24Cl2N2O5. The summed E-state index contributed by atoms with van der Waals surface area (Å²) < 4.78 is 11.1. The van der Waals surface area contributed by atoms with Gasteiger partial charge in [-0.2, -0.15) is 0 Å². The highest BCUT2D eigenvalue weighted by atomic mass is 35.5. The number of carbonyl (C=O) groups is 3. The molecule has 7 nitrogen and oxygen atoms in total. The molecule has 2 aromatic carbocycles. The van der Waals surface area contributed by atoms with Gasteiger partial charge in [0.05, 0.1) is 36.3 Å². The molecule has 0 spiro atoms. The molecule has 2 amide bonds. The number of piperidine rings is 1. The van der Waals surface area contributed by atoms with Gasteiger partial charge in [0.25, 0.3) is 5.91 Å². The molecule has 34 heavy (non-hydrogen) atoms. The fourth-order valence-electron chi connectivity index (χ4n) is 5.61. The molecule has 0 radical (unpaired) electrons. The van der Waals surface area contributed by atoms with Gasteiger partial charge in [0.1, 0.15) is 17.5 Å². The number of halogens is 2. The zero-order valence-electron chi connectivity index (χ0n) is 18.8. The van der Waals surface area contributed by atoms with Gasteiger partial charge >= 0.3 is 0 Å². The number of carbonyl (C=O) groups excluding carboxylic acids is 3. The molecule has 3 aliphatic heterocycles. The maximum atomic E-state index is 13.6. The number of hydrogen-bond donors (Lipinski definition) is 0. The number of ketones is 1. The zero-order valence-corrected chi connectivity index (χ0v) is 20.4. The van der Waals surface area contributed by atoms with Crippen LogP contribution >= 0.6 is 23.2 Å². The predicted octanol–water partition coefficient (Wildman–Crippen LogP) is 4.08. The predicted molar refractivity (Wildman–Crippen MR) is 127 cm³/mol. The summed E-state index contributed by atoms with van der Waals surface area (Å²) >= 11 is 12.1. The number of piperazine rings is 1. The number of amides is 2. The molecule has 2 saturated heterocycles. The molecule has 0 aliphatic carbocycles. The van der Waals surface area contributed by atoms with Crippen molar-refractivity contribution in [3.8, 4) is 11.5 Å². The number of fused-ring (bicyclic) bond motifs is 6. The SMILES string of the molecule is COc1cc2c(c(OC)c1)C1C3CCCC(C(=O)N1CC2)N3C(=O)C(=O)c1ccc(Cl)c(Cl)c1. The molecule has 9 heteroatoms. The second kappa shape index (κ2) is 8.78. The lowest BCUT2D eigenvalue weighted by Crippen LogP contribution is -2.68. The number of rotatable bonds is 4. The lowest BCUT2D eigenvalue weighted by atomic mass is 9.78. The molecule has 3 aliphatic rings. The smallest absolute Gasteiger partial charge is 0.295 e. The summed E-state index contributed by atoms with van der Waals surface area (Å²) in [5.74, 6) is -0.227. The normalized spacial score (nSPS) is 23.2. The Morgan fingerprint density at radius 1 is 1.03 bits per heavy atom. The van der Waals surface area contributed by atoms with Crippen LogP contribution in [0.4, 0.5) is 0 Å². The molecule has 2 aromatic rings. The largest absolute Gasteiger partial charge is 0.497 e. The minimum absolute atomic E-state index is 0.125. The van der Waals surface area contributed by atoms with E-state index in [1.54, 1.807) is 20.3 Å². The van der Waals surface area contributed by atoms with E-state index in [-0.39, 0.29) is 28.6 Å². The maximum absolute atomic E-state index is 13.6. The Hall–Kier alpha value is -2.77. The Bertz CT molecular complexity index is 1180. The number of Topliss-reactive ketones (excluding diaryl/α,β-unsaturated/α-hetero) is 1. The summed E-state index contributed by atoms with van der Waals surface area (Å²) in [4.78, 5) is 43.7. The number of ether oxygens (including phenoxy) is 2. The Morgan fingerprint density at radius 2 is 1.82 bits per heavy atom. The monoisotopic (exact) mass is 502 g/mol. The van der Waals surface area contributed by atoms with Crippen LogP contribution in [0, 0.1) is 0 Å². The minimum atomic E-state index is -0.700. The Labute approximate surface area is 207 Å². The number of hydrogen-bond acceptors (Lipinski definition) is 5. The van der Waals surface area contributed by atoms with Gasteiger partial charge < -0.3 is 19.3 Å². The maximum Gasteiger partial charge on any atom is 0.295 e. The van der Waals surface area contributed by atoms with Crippen LogP contribution in [0.1, 0.15) is 46.8 Å². The topological polar surface area (TPSA) is 76.2 Å². The number of nitrogens with zero attached hydrogens (tertiary/aromatic N) is 2. The van der Waals surface area contributed by atoms with Crippen molar-refractivity contribution in [2.24, 2.45) is 0 Å². The van der Waals surface area contributed by atoms with Crippen LogP contribution in [0.25, 0.3) is 0 Å². The van der Waals surface area contributed by atoms with Crippen molar-refractivity contribution in [3.63, 3.8) is 0 Å². The van der Waals surface area contributed by atoms with Crippen LogP contribution < -0.4 is 9.47 Å². The molecule has 3 unspecified atom stereocenters. The molecule has 2 fully saturated rings. The van der Waals surface area contributed by atoms with E-state index in [4.69, 9.17) is 32.7 Å². The van der Waals surface area contributed by atoms with E-state index < -0.39 is 17.7 Å². The fourth-order valence-corrected chi connectivity index (χ4v) is 5.91. The van der Waals surface area contributed by atoms with Gasteiger partial charge in [-0.1, -0.05) is 23.2 Å². The molecule has 2 bridgehead atoms. The lowest BCUT2D eigenvalue weighted by Gasteiger charge is -2.55. The summed E-state index contributed by atoms with van der Waals surface area (Å²) in [6, 6.07) is 6.74. The molecule has 5 rings (SSSR count). The quantitative estimate of drug-likeness (QED) is 0.464. The second-order valence-electron chi connectivity index (χ2n) is 8.81. The summed E-state index contributed by atoms with van der Waals surface area (Å²) in [6.45, 7) is 0.544. The van der Waals surface area contributed by atoms with Gasteiger partial charge in [0, 0.05) is 23.7 Å². The Morgan fingerprint density at radius 3 is 2.53 bits per heavy atom. The van der Waals surface area contributed by atoms with Crippen molar-refractivity contribution in [2.75, 3.05) is 20.8 Å². The van der Waals surface area contributed by atoms with E-state index in [9.17, 15) is 14.4 Å². The van der Waals surface area contributed by atoms with Gasteiger partial charge in [-0.15, -0.1) is 0 Å². The summed E-state index contributed by atoms with van der Waals surface area (Å²) in [6.07, 6.45) is 2.68. The summed E-state index contributed by atoms with van der Waals surface area (Å²) in [5, 5.41) is 0.494. The van der Waals surface area contributed by atoms with Crippen molar-refractivity contribution in [1.29, 1.82) is 0 Å². The minimum Gasteiger partial charge on any atom is -0.497 e. The molecule has 3 heterocycles. The van der Waals surface area contributed by atoms with E-state index in [0.29, 0.717) is 42.3 Å². The van der Waals surface area contributed by atoms with Crippen LogP contribution in [0.2, 0.25) is 10.0 Å². The highest BCUT2D eigenvalue weighted by Crippen LogP contribution is 2.48. The van der Waals surface area contributed by atoms with E-state index in [1.807, 2.05) is 11.0 Å². The first-order valence-corrected chi connectivity index (χ1v) is 12.0. The first-order valence-electron chi connectivity index (χ1n) is 11.2. The molecule has 3 atom stereocenters. The van der Waals surface area contributed by atoms with Crippen molar-refractivity contribution in [3.05, 3.63) is 57.1 Å². The van der Waals surface area contributed by atoms with Gasteiger partial charge in [0.2, 0.25) is 11.7 Å². The average molecular weight is 503 g/mol. The summed E-state index contributed by atoms with van der Waals surface area (Å²) in [5.41, 5.74) is 2.06. The van der Waals surface area contributed by atoms with E-state index >= 15 is 0 Å². The first-order chi connectivity index (χ1) is 16.3. The third kappa shape index (κ3) is 3.53. The van der Waals surface area contributed by atoms with Crippen molar-refractivity contribution in [2.45, 2.75) is 43.8 Å². The first kappa shape index (κ1) is 23.0. The number of benzene rings is 2. The molecule has 0 aromatic heterocycles. The van der Waals surface area contributed by atoms with Crippen LogP contribution in [-0.4, -0.2) is 60.2 Å². The zero-order chi connectivity index (χ0) is 24.1. The fraction of sp³-hybridized carbons (Fsp3) is 0.400. The van der Waals surface area contributed by atoms with Crippen LogP contribution in [0.15, 0.2) is 30.3 Å². The van der Waals surface area contributed by atoms with E-state index in [0.717, 1.165) is 17.5 Å². The van der Waals surface area contributed by atoms with Crippen LogP contribution in [-0.2, 0) is 16.0 Å². The standard InChI is InChI=1S/C25H24Cl2N2O5/c1-33-15-10-13-8-9-28-22(21(13)20(12-15)34-2)18-4-3-5-19(24(28)31)29(18)25(32)23(30)14-6-7-16(26)17(27)11-14/h6-7,10-12,18-19,22H,3-5,8-9H2,1-2H3.